The first-order chi connectivity index (χ1) is 9.95. The summed E-state index contributed by atoms with van der Waals surface area (Å²) in [5.41, 5.74) is 7.45. The van der Waals surface area contributed by atoms with Gasteiger partial charge in [0.15, 0.2) is 6.29 Å². The van der Waals surface area contributed by atoms with Crippen LogP contribution in [0, 0.1) is 11.8 Å². The van der Waals surface area contributed by atoms with E-state index in [-0.39, 0.29) is 29.8 Å². The van der Waals surface area contributed by atoms with E-state index in [0.717, 1.165) is 31.4 Å². The second-order valence-electron chi connectivity index (χ2n) is 6.57. The molecule has 3 heterocycles. The first-order valence-electron chi connectivity index (χ1n) is 7.63. The molecule has 5 atom stereocenters. The molecule has 1 amide bonds. The topological polar surface area (TPSA) is 86.9 Å². The van der Waals surface area contributed by atoms with E-state index in [2.05, 4.69) is 4.90 Å². The molecule has 3 rings (SSSR count). The van der Waals surface area contributed by atoms with Crippen molar-refractivity contribution >= 4 is 12.2 Å². The number of carbonyl (C=O) groups excluding carboxylic acids is 2. The molecule has 0 radical (unpaired) electrons. The monoisotopic (exact) mass is 293 g/mol. The molecule has 0 bridgehead atoms. The highest BCUT2D eigenvalue weighted by Crippen LogP contribution is 2.46. The number of β-lactam (4-membered cyclic amide) rings is 1. The second-order valence-corrected chi connectivity index (χ2v) is 6.57. The number of allylic oxidation sites excluding steroid dienone is 1. The lowest BCUT2D eigenvalue weighted by Crippen LogP contribution is -2.63. The van der Waals surface area contributed by atoms with E-state index in [1.165, 1.54) is 0 Å². The molecule has 3 aliphatic heterocycles. The number of amides is 1. The Bertz CT molecular complexity index is 502. The van der Waals surface area contributed by atoms with E-state index in [1.807, 2.05) is 6.92 Å². The lowest BCUT2D eigenvalue weighted by molar-refractivity contribution is -0.160. The van der Waals surface area contributed by atoms with Gasteiger partial charge in [-0.15, -0.1) is 0 Å². The number of aliphatic hydroxyl groups is 1. The minimum Gasteiger partial charge on any atom is -0.393 e. The van der Waals surface area contributed by atoms with Gasteiger partial charge in [0.2, 0.25) is 5.91 Å². The zero-order valence-corrected chi connectivity index (χ0v) is 12.5. The van der Waals surface area contributed by atoms with Crippen LogP contribution in [0.5, 0.6) is 0 Å². The summed E-state index contributed by atoms with van der Waals surface area (Å²) < 4.78 is 0. The lowest BCUT2D eigenvalue weighted by atomic mass is 9.77. The Morgan fingerprint density at radius 2 is 2.24 bits per heavy atom. The number of carbonyl (C=O) groups is 2. The molecular formula is C15H23N3O3. The molecular weight excluding hydrogens is 270 g/mol. The minimum absolute atomic E-state index is 0.0658. The van der Waals surface area contributed by atoms with Gasteiger partial charge in [-0.05, 0) is 18.9 Å². The highest BCUT2D eigenvalue weighted by atomic mass is 16.3. The summed E-state index contributed by atoms with van der Waals surface area (Å²) in [5, 5.41) is 9.79. The van der Waals surface area contributed by atoms with E-state index in [4.69, 9.17) is 5.73 Å². The molecule has 3 N–H and O–H groups in total. The fraction of sp³-hybridized carbons (Fsp3) is 0.733. The standard InChI is InChI=1S/C15H23N3O3/c1-8-11(6-17-4-3-10(16)5-17)12(7-19)18-14(8)13(9(2)20)15(18)21/h7-10,13-14,20H,3-6,16H2,1-2H3/t8-,9+,10+,13?,14+/m0/s1. The number of aldehydes is 1. The number of fused-ring (bicyclic) bond motifs is 1. The van der Waals surface area contributed by atoms with Crippen LogP contribution in [0.4, 0.5) is 0 Å². The summed E-state index contributed by atoms with van der Waals surface area (Å²) in [7, 11) is 0. The van der Waals surface area contributed by atoms with Gasteiger partial charge in [0.05, 0.1) is 23.8 Å². The summed E-state index contributed by atoms with van der Waals surface area (Å²) in [6.45, 7) is 6.14. The third-order valence-electron chi connectivity index (χ3n) is 5.17. The van der Waals surface area contributed by atoms with Crippen molar-refractivity contribution in [3.63, 3.8) is 0 Å². The van der Waals surface area contributed by atoms with E-state index in [9.17, 15) is 14.7 Å². The first-order valence-corrected chi connectivity index (χ1v) is 7.63. The fourth-order valence-corrected chi connectivity index (χ4v) is 4.04. The Kier molecular flexibility index (Phi) is 3.63. The summed E-state index contributed by atoms with van der Waals surface area (Å²) in [6.07, 6.45) is 1.09. The van der Waals surface area contributed by atoms with Crippen LogP contribution in [0.25, 0.3) is 0 Å². The Labute approximate surface area is 124 Å². The maximum atomic E-state index is 12.2. The van der Waals surface area contributed by atoms with Gasteiger partial charge in [-0.1, -0.05) is 6.92 Å². The van der Waals surface area contributed by atoms with Crippen molar-refractivity contribution in [1.29, 1.82) is 0 Å². The van der Waals surface area contributed by atoms with Crippen molar-refractivity contribution in [2.45, 2.75) is 38.5 Å². The molecule has 0 saturated carbocycles. The molecule has 6 nitrogen and oxygen atoms in total. The Morgan fingerprint density at radius 3 is 2.76 bits per heavy atom. The molecule has 0 aromatic heterocycles. The average Bonchev–Trinajstić information content (AvgIpc) is 2.92. The van der Waals surface area contributed by atoms with Gasteiger partial charge in [0.25, 0.3) is 0 Å². The molecule has 0 aromatic rings. The van der Waals surface area contributed by atoms with Crippen molar-refractivity contribution in [2.75, 3.05) is 19.6 Å². The van der Waals surface area contributed by atoms with E-state index < -0.39 is 6.10 Å². The highest BCUT2D eigenvalue weighted by Gasteiger charge is 2.58. The minimum atomic E-state index is -0.673. The molecule has 1 unspecified atom stereocenters. The van der Waals surface area contributed by atoms with Crippen molar-refractivity contribution < 1.29 is 14.7 Å². The smallest absolute Gasteiger partial charge is 0.235 e. The summed E-state index contributed by atoms with van der Waals surface area (Å²) in [4.78, 5) is 27.5. The van der Waals surface area contributed by atoms with Gasteiger partial charge >= 0.3 is 0 Å². The molecule has 6 heteroatoms. The molecule has 116 valence electrons. The molecule has 2 fully saturated rings. The predicted molar refractivity (Wildman–Crippen MR) is 77.1 cm³/mol. The van der Waals surface area contributed by atoms with Gasteiger partial charge in [-0.25, -0.2) is 0 Å². The number of hydrogen-bond acceptors (Lipinski definition) is 5. The van der Waals surface area contributed by atoms with Gasteiger partial charge in [0.1, 0.15) is 0 Å². The van der Waals surface area contributed by atoms with Gasteiger partial charge < -0.3 is 15.7 Å². The number of likely N-dealkylation sites (tertiary alicyclic amines) is 1. The molecule has 21 heavy (non-hydrogen) atoms. The predicted octanol–water partition coefficient (Wildman–Crippen LogP) is -0.670. The molecule has 0 spiro atoms. The summed E-state index contributed by atoms with van der Waals surface area (Å²) >= 11 is 0. The maximum Gasteiger partial charge on any atom is 0.235 e. The van der Waals surface area contributed by atoms with Gasteiger partial charge in [-0.3, -0.25) is 14.5 Å². The van der Waals surface area contributed by atoms with E-state index >= 15 is 0 Å². The molecule has 0 aromatic carbocycles. The molecule has 2 saturated heterocycles. The summed E-state index contributed by atoms with van der Waals surface area (Å²) in [6, 6.07) is 0.134. The third kappa shape index (κ3) is 2.13. The highest BCUT2D eigenvalue weighted by molar-refractivity contribution is 5.95. The van der Waals surface area contributed by atoms with Crippen LogP contribution in [0.1, 0.15) is 20.3 Å². The Balaban J connectivity index is 1.82. The van der Waals surface area contributed by atoms with E-state index in [0.29, 0.717) is 12.2 Å². The van der Waals surface area contributed by atoms with Crippen molar-refractivity contribution in [1.82, 2.24) is 9.80 Å². The van der Waals surface area contributed by atoms with E-state index in [1.54, 1.807) is 11.8 Å². The van der Waals surface area contributed by atoms with Crippen LogP contribution in [-0.2, 0) is 9.59 Å². The van der Waals surface area contributed by atoms with Crippen LogP contribution in [0.2, 0.25) is 0 Å². The van der Waals surface area contributed by atoms with Crippen molar-refractivity contribution in [3.8, 4) is 0 Å². The van der Waals surface area contributed by atoms with Crippen molar-refractivity contribution in [2.24, 2.45) is 17.6 Å². The van der Waals surface area contributed by atoms with Crippen LogP contribution in [0.15, 0.2) is 11.3 Å². The van der Waals surface area contributed by atoms with Crippen LogP contribution >= 0.6 is 0 Å². The van der Waals surface area contributed by atoms with Gasteiger partial charge in [0, 0.05) is 31.6 Å². The average molecular weight is 293 g/mol. The quantitative estimate of drug-likeness (QED) is 0.530. The second kappa shape index (κ2) is 5.19. The normalized spacial score (nSPS) is 37.7. The Morgan fingerprint density at radius 1 is 1.52 bits per heavy atom. The summed E-state index contributed by atoms with van der Waals surface area (Å²) in [5.74, 6) is -0.398. The number of nitrogens with two attached hydrogens (primary N) is 1. The number of hydrogen-bond donors (Lipinski definition) is 2. The largest absolute Gasteiger partial charge is 0.393 e. The number of nitrogens with zero attached hydrogens (tertiary/aromatic N) is 2. The first kappa shape index (κ1) is 14.7. The number of rotatable bonds is 4. The van der Waals surface area contributed by atoms with Gasteiger partial charge in [-0.2, -0.15) is 0 Å². The zero-order valence-electron chi connectivity index (χ0n) is 12.5. The molecule has 3 aliphatic rings. The number of aliphatic hydroxyl groups excluding tert-OH is 1. The van der Waals surface area contributed by atoms with Crippen molar-refractivity contribution in [3.05, 3.63) is 11.3 Å². The maximum absolute atomic E-state index is 12.2. The SMILES string of the molecule is C[C@@H](O)C1C(=O)N2C(C=O)=C(CN3CC[C@@H](N)C3)[C@H](C)[C@H]12. The zero-order chi connectivity index (χ0) is 15.3. The van der Waals surface area contributed by atoms with Crippen LogP contribution < -0.4 is 5.73 Å². The van der Waals surface area contributed by atoms with Crippen LogP contribution in [0.3, 0.4) is 0 Å². The third-order valence-corrected chi connectivity index (χ3v) is 5.17. The van der Waals surface area contributed by atoms with Crippen LogP contribution in [-0.4, -0.2) is 64.9 Å². The Hall–Kier alpha value is -1.24. The molecule has 0 aliphatic carbocycles. The fourth-order valence-electron chi connectivity index (χ4n) is 4.04. The lowest BCUT2D eigenvalue weighted by Gasteiger charge is -2.46.